The van der Waals surface area contributed by atoms with Gasteiger partial charge in [0, 0.05) is 36.0 Å². The standard InChI is InChI=1S/C25H25F2N5OS.BrH/c1-2-31-20(19-8-5-6-9-21(19)33-24(26)27)16-34-25(31)28-18-13-11-17(12-14-18)23-30-29-22-10-4-3-7-15-32(22)23;/h5-6,8-9,11-14,16,24H,2-4,7,10,15H2,1H3;1H/p-1. The van der Waals surface area contributed by atoms with Crippen LogP contribution in [-0.4, -0.2) is 25.9 Å². The molecule has 3 heterocycles. The number of hydrogen-bond acceptors (Lipinski definition) is 5. The Bertz CT molecular complexity index is 1350. The van der Waals surface area contributed by atoms with Gasteiger partial charge in [-0.2, -0.15) is 8.78 Å². The third-order valence-electron chi connectivity index (χ3n) is 5.95. The maximum Gasteiger partial charge on any atom is 0.387 e. The summed E-state index contributed by atoms with van der Waals surface area (Å²) < 4.78 is 34.7. The third-order valence-corrected chi connectivity index (χ3v) is 6.82. The number of aromatic nitrogens is 4. The summed E-state index contributed by atoms with van der Waals surface area (Å²) in [6.45, 7) is 0.726. The Morgan fingerprint density at radius 1 is 1.06 bits per heavy atom. The molecule has 0 saturated heterocycles. The lowest BCUT2D eigenvalue weighted by molar-refractivity contribution is -0.0494. The van der Waals surface area contributed by atoms with Crippen molar-refractivity contribution in [3.05, 3.63) is 64.5 Å². The van der Waals surface area contributed by atoms with E-state index in [0.29, 0.717) is 12.1 Å². The predicted molar refractivity (Wildman–Crippen MR) is 128 cm³/mol. The van der Waals surface area contributed by atoms with E-state index >= 15 is 0 Å². The van der Waals surface area contributed by atoms with E-state index < -0.39 is 6.61 Å². The number of halogens is 3. The van der Waals surface area contributed by atoms with Gasteiger partial charge in [0.2, 0.25) is 0 Å². The van der Waals surface area contributed by atoms with Gasteiger partial charge in [-0.05, 0) is 56.2 Å². The van der Waals surface area contributed by atoms with Crippen LogP contribution in [0.4, 0.5) is 14.5 Å². The van der Waals surface area contributed by atoms with E-state index in [0.717, 1.165) is 59.2 Å². The molecule has 0 unspecified atom stereocenters. The molecule has 0 saturated carbocycles. The average Bonchev–Trinajstić information content (AvgIpc) is 3.35. The molecule has 0 spiro atoms. The lowest BCUT2D eigenvalue weighted by atomic mass is 10.1. The van der Waals surface area contributed by atoms with Gasteiger partial charge in [-0.15, -0.1) is 21.5 Å². The molecule has 10 heteroatoms. The maximum absolute atomic E-state index is 12.9. The molecular weight excluding hydrogens is 536 g/mol. The van der Waals surface area contributed by atoms with Crippen molar-refractivity contribution in [2.24, 2.45) is 4.99 Å². The minimum atomic E-state index is -2.88. The first kappa shape index (κ1) is 25.2. The lowest BCUT2D eigenvalue weighted by Gasteiger charge is -2.12. The zero-order valence-electron chi connectivity index (χ0n) is 19.2. The normalized spacial score (nSPS) is 13.9. The van der Waals surface area contributed by atoms with Gasteiger partial charge in [0.25, 0.3) is 0 Å². The SMILES string of the molecule is CCn1c(-c2ccccc2OC(F)F)csc1=Nc1ccc(-c2nnc3n2CCCCC3)cc1.[Br-]. The molecule has 2 aromatic carbocycles. The molecule has 0 amide bonds. The number of ether oxygens (including phenoxy) is 1. The number of para-hydroxylation sites is 1. The smallest absolute Gasteiger partial charge is 0.387 e. The maximum atomic E-state index is 12.9. The monoisotopic (exact) mass is 560 g/mol. The first-order valence-electron chi connectivity index (χ1n) is 11.4. The predicted octanol–water partition coefficient (Wildman–Crippen LogP) is 3.06. The molecule has 1 aliphatic heterocycles. The van der Waals surface area contributed by atoms with E-state index in [1.165, 1.54) is 17.8 Å². The number of benzene rings is 2. The van der Waals surface area contributed by atoms with Gasteiger partial charge < -0.3 is 30.9 Å². The Morgan fingerprint density at radius 3 is 2.63 bits per heavy atom. The van der Waals surface area contributed by atoms with Crippen LogP contribution in [0.5, 0.6) is 5.75 Å². The second-order valence-electron chi connectivity index (χ2n) is 8.08. The molecule has 6 nitrogen and oxygen atoms in total. The molecule has 2 aromatic heterocycles. The fraction of sp³-hybridized carbons (Fsp3) is 0.320. The fourth-order valence-electron chi connectivity index (χ4n) is 4.31. The molecule has 35 heavy (non-hydrogen) atoms. The molecule has 0 radical (unpaired) electrons. The van der Waals surface area contributed by atoms with Crippen molar-refractivity contribution in [1.29, 1.82) is 0 Å². The van der Waals surface area contributed by atoms with E-state index in [1.54, 1.807) is 18.2 Å². The highest BCUT2D eigenvalue weighted by Crippen LogP contribution is 2.31. The molecular formula is C25H25BrF2N5OS-. The topological polar surface area (TPSA) is 57.2 Å². The zero-order valence-corrected chi connectivity index (χ0v) is 21.6. The molecule has 5 rings (SSSR count). The van der Waals surface area contributed by atoms with Crippen LogP contribution in [0.1, 0.15) is 32.0 Å². The van der Waals surface area contributed by atoms with Crippen LogP contribution < -0.4 is 26.5 Å². The van der Waals surface area contributed by atoms with Crippen LogP contribution in [0.15, 0.2) is 58.9 Å². The molecule has 0 aliphatic carbocycles. The number of fused-ring (bicyclic) bond motifs is 1. The lowest BCUT2D eigenvalue weighted by Crippen LogP contribution is -3.00. The Morgan fingerprint density at radius 2 is 1.86 bits per heavy atom. The van der Waals surface area contributed by atoms with Crippen molar-refractivity contribution in [3.8, 4) is 28.4 Å². The van der Waals surface area contributed by atoms with Crippen molar-refractivity contribution < 1.29 is 30.5 Å². The highest BCUT2D eigenvalue weighted by Gasteiger charge is 2.17. The van der Waals surface area contributed by atoms with Crippen LogP contribution >= 0.6 is 11.3 Å². The molecule has 184 valence electrons. The molecule has 4 aromatic rings. The van der Waals surface area contributed by atoms with Crippen LogP contribution in [0.2, 0.25) is 0 Å². The molecule has 1 aliphatic rings. The molecule has 0 atom stereocenters. The van der Waals surface area contributed by atoms with E-state index in [4.69, 9.17) is 9.73 Å². The largest absolute Gasteiger partial charge is 1.00 e. The Hall–Kier alpha value is -2.85. The van der Waals surface area contributed by atoms with Gasteiger partial charge in [0.1, 0.15) is 11.6 Å². The summed E-state index contributed by atoms with van der Waals surface area (Å²) >= 11 is 1.47. The van der Waals surface area contributed by atoms with Crippen LogP contribution in [-0.2, 0) is 19.5 Å². The quantitative estimate of drug-likeness (QED) is 0.364. The Kier molecular flexibility index (Phi) is 8.12. The first-order valence-corrected chi connectivity index (χ1v) is 12.3. The number of alkyl halides is 2. The zero-order chi connectivity index (χ0) is 23.5. The highest BCUT2D eigenvalue weighted by molar-refractivity contribution is 7.07. The van der Waals surface area contributed by atoms with Crippen molar-refractivity contribution in [2.75, 3.05) is 0 Å². The van der Waals surface area contributed by atoms with Crippen molar-refractivity contribution >= 4 is 17.0 Å². The number of aryl methyl sites for hydroxylation is 1. The number of hydrogen-bond donors (Lipinski definition) is 0. The number of rotatable bonds is 6. The Balaban J connectivity index is 0.00000289. The van der Waals surface area contributed by atoms with Gasteiger partial charge in [-0.3, -0.25) is 0 Å². The summed E-state index contributed by atoms with van der Waals surface area (Å²) in [5.74, 6) is 2.12. The first-order chi connectivity index (χ1) is 16.6. The molecule has 0 fully saturated rings. The highest BCUT2D eigenvalue weighted by atomic mass is 79.9. The van der Waals surface area contributed by atoms with Crippen LogP contribution in [0.25, 0.3) is 22.6 Å². The summed E-state index contributed by atoms with van der Waals surface area (Å²) in [6, 6.07) is 14.8. The van der Waals surface area contributed by atoms with Gasteiger partial charge in [0.15, 0.2) is 10.6 Å². The fourth-order valence-corrected chi connectivity index (χ4v) is 5.30. The van der Waals surface area contributed by atoms with Crippen LogP contribution in [0.3, 0.4) is 0 Å². The average molecular weight is 561 g/mol. The van der Waals surface area contributed by atoms with Gasteiger partial charge in [0.05, 0.1) is 11.4 Å². The Labute approximate surface area is 216 Å². The second kappa shape index (κ2) is 11.3. The summed E-state index contributed by atoms with van der Waals surface area (Å²) in [5.41, 5.74) is 3.25. The van der Waals surface area contributed by atoms with E-state index in [2.05, 4.69) is 14.8 Å². The van der Waals surface area contributed by atoms with Crippen LogP contribution in [0, 0.1) is 0 Å². The second-order valence-corrected chi connectivity index (χ2v) is 8.92. The van der Waals surface area contributed by atoms with Gasteiger partial charge in [-0.25, -0.2) is 4.99 Å². The summed E-state index contributed by atoms with van der Waals surface area (Å²) in [6.07, 6.45) is 4.51. The van der Waals surface area contributed by atoms with Gasteiger partial charge >= 0.3 is 6.61 Å². The van der Waals surface area contributed by atoms with Crippen molar-refractivity contribution in [3.63, 3.8) is 0 Å². The number of thiazole rings is 1. The van der Waals surface area contributed by atoms with E-state index in [9.17, 15) is 8.78 Å². The molecule has 0 N–H and O–H groups in total. The summed E-state index contributed by atoms with van der Waals surface area (Å²) in [5, 5.41) is 10.8. The minimum Gasteiger partial charge on any atom is -1.00 e. The summed E-state index contributed by atoms with van der Waals surface area (Å²) in [4.78, 5) is 5.61. The van der Waals surface area contributed by atoms with Crippen molar-refractivity contribution in [2.45, 2.75) is 52.3 Å². The number of nitrogens with zero attached hydrogens (tertiary/aromatic N) is 5. The summed E-state index contributed by atoms with van der Waals surface area (Å²) in [7, 11) is 0. The van der Waals surface area contributed by atoms with Gasteiger partial charge in [-0.1, -0.05) is 18.6 Å². The van der Waals surface area contributed by atoms with E-state index in [-0.39, 0.29) is 22.7 Å². The molecule has 0 bridgehead atoms. The third kappa shape index (κ3) is 5.38. The van der Waals surface area contributed by atoms with Crippen molar-refractivity contribution in [1.82, 2.24) is 19.3 Å². The van der Waals surface area contributed by atoms with E-state index in [1.807, 2.05) is 47.2 Å². The minimum absolute atomic E-state index is 0.